The zero-order valence-corrected chi connectivity index (χ0v) is 19.7. The second kappa shape index (κ2) is 8.65. The fraction of sp³-hybridized carbons (Fsp3) is 0.520. The number of fused-ring (bicyclic) bond motifs is 4. The van der Waals surface area contributed by atoms with Gasteiger partial charge in [-0.1, -0.05) is 19.9 Å². The number of hydrogen-bond acceptors (Lipinski definition) is 5. The molecule has 0 aliphatic carbocycles. The van der Waals surface area contributed by atoms with E-state index in [1.807, 2.05) is 26.0 Å². The van der Waals surface area contributed by atoms with Crippen molar-refractivity contribution >= 4 is 28.4 Å². The fourth-order valence-electron chi connectivity index (χ4n) is 5.53. The minimum Gasteiger partial charge on any atom is -0.497 e. The summed E-state index contributed by atoms with van der Waals surface area (Å²) in [6, 6.07) is 5.41. The standard InChI is InChI=1S/C25H32ClN3O3/c1-5-14-12-29-9-8-15(14)10-19(29)23(30)20-17-11-16(32-4)6-7-18(17)28-22(24(27)31)21(20)25(2,3)13-26/h5-7,11,14-15,19,23,30H,1,8-10,12-13H2,2-4H3,(H2,27,31)/t14-,15?,19-,23-/m0/s1. The van der Waals surface area contributed by atoms with Crippen molar-refractivity contribution in [3.05, 3.63) is 47.7 Å². The number of carbonyl (C=O) groups is 1. The highest BCUT2D eigenvalue weighted by molar-refractivity contribution is 6.18. The minimum absolute atomic E-state index is 0.0626. The van der Waals surface area contributed by atoms with Crippen LogP contribution in [0.25, 0.3) is 10.9 Å². The van der Waals surface area contributed by atoms with Crippen molar-refractivity contribution in [2.75, 3.05) is 26.1 Å². The third-order valence-corrected chi connectivity index (χ3v) is 7.96. The van der Waals surface area contributed by atoms with Gasteiger partial charge in [-0.05, 0) is 60.5 Å². The number of primary amides is 1. The molecular formula is C25H32ClN3O3. The number of nitrogens with zero attached hydrogens (tertiary/aromatic N) is 2. The van der Waals surface area contributed by atoms with Gasteiger partial charge in [0, 0.05) is 29.3 Å². The maximum absolute atomic E-state index is 12.5. The number of pyridine rings is 1. The van der Waals surface area contributed by atoms with Crippen LogP contribution in [0.5, 0.6) is 5.75 Å². The number of alkyl halides is 1. The number of hydrogen-bond donors (Lipinski definition) is 2. The number of aromatic nitrogens is 1. The van der Waals surface area contributed by atoms with Gasteiger partial charge in [-0.25, -0.2) is 4.98 Å². The van der Waals surface area contributed by atoms with E-state index in [1.165, 1.54) is 0 Å². The number of ether oxygens (including phenoxy) is 1. The predicted molar refractivity (Wildman–Crippen MR) is 127 cm³/mol. The summed E-state index contributed by atoms with van der Waals surface area (Å²) in [5.41, 5.74) is 7.23. The second-order valence-corrected chi connectivity index (χ2v) is 9.97. The van der Waals surface area contributed by atoms with E-state index in [9.17, 15) is 9.90 Å². The molecule has 3 aliphatic rings. The quantitative estimate of drug-likeness (QED) is 0.487. The first-order valence-corrected chi connectivity index (χ1v) is 11.7. The Balaban J connectivity index is 1.96. The molecule has 3 aliphatic heterocycles. The summed E-state index contributed by atoms with van der Waals surface area (Å²) in [5.74, 6) is 1.23. The summed E-state index contributed by atoms with van der Waals surface area (Å²) in [6.07, 6.45) is 3.20. The molecule has 2 unspecified atom stereocenters. The third kappa shape index (κ3) is 3.78. The molecule has 0 saturated carbocycles. The SMILES string of the molecule is C=C[C@H]1CN2CCC1C[C@H]2[C@H](O)c1c(C(C)(C)CCl)c(C(N)=O)nc2ccc(OC)cc12. The van der Waals surface area contributed by atoms with E-state index in [1.54, 1.807) is 19.2 Å². The van der Waals surface area contributed by atoms with Crippen molar-refractivity contribution in [3.8, 4) is 5.75 Å². The molecule has 172 valence electrons. The number of amides is 1. The van der Waals surface area contributed by atoms with Crippen molar-refractivity contribution in [2.45, 2.75) is 44.2 Å². The molecule has 2 aromatic rings. The van der Waals surface area contributed by atoms with E-state index >= 15 is 0 Å². The van der Waals surface area contributed by atoms with Gasteiger partial charge in [0.15, 0.2) is 0 Å². The van der Waals surface area contributed by atoms with Crippen molar-refractivity contribution < 1.29 is 14.6 Å². The Bertz CT molecular complexity index is 1050. The van der Waals surface area contributed by atoms with Crippen LogP contribution in [0.3, 0.4) is 0 Å². The van der Waals surface area contributed by atoms with Crippen LogP contribution in [-0.4, -0.2) is 53.0 Å². The molecule has 1 aromatic carbocycles. The predicted octanol–water partition coefficient (Wildman–Crippen LogP) is 3.79. The van der Waals surface area contributed by atoms with E-state index in [0.717, 1.165) is 31.3 Å². The van der Waals surface area contributed by atoms with Crippen LogP contribution in [0, 0.1) is 11.8 Å². The smallest absolute Gasteiger partial charge is 0.267 e. The normalized spacial score (nSPS) is 26.2. The molecule has 2 bridgehead atoms. The molecule has 7 heteroatoms. The second-order valence-electron chi connectivity index (χ2n) is 9.71. The van der Waals surface area contributed by atoms with Gasteiger partial charge in [-0.15, -0.1) is 18.2 Å². The van der Waals surface area contributed by atoms with Gasteiger partial charge in [0.2, 0.25) is 0 Å². The van der Waals surface area contributed by atoms with E-state index in [0.29, 0.717) is 34.2 Å². The van der Waals surface area contributed by atoms with Crippen molar-refractivity contribution in [3.63, 3.8) is 0 Å². The Kier molecular flexibility index (Phi) is 6.23. The maximum atomic E-state index is 12.5. The molecule has 0 spiro atoms. The lowest BCUT2D eigenvalue weighted by atomic mass is 9.71. The van der Waals surface area contributed by atoms with Gasteiger partial charge in [0.1, 0.15) is 11.4 Å². The molecule has 0 radical (unpaired) electrons. The van der Waals surface area contributed by atoms with E-state index in [4.69, 9.17) is 22.1 Å². The lowest BCUT2D eigenvalue weighted by Gasteiger charge is -2.51. The van der Waals surface area contributed by atoms with Gasteiger partial charge in [-0.3, -0.25) is 9.69 Å². The first kappa shape index (κ1) is 23.0. The van der Waals surface area contributed by atoms with Crippen molar-refractivity contribution in [2.24, 2.45) is 17.6 Å². The average Bonchev–Trinajstić information content (AvgIpc) is 2.81. The van der Waals surface area contributed by atoms with Gasteiger partial charge in [0.25, 0.3) is 5.91 Å². The molecule has 1 aromatic heterocycles. The molecule has 3 N–H and O–H groups in total. The molecule has 3 saturated heterocycles. The summed E-state index contributed by atoms with van der Waals surface area (Å²) in [5, 5.41) is 12.7. The molecule has 6 nitrogen and oxygen atoms in total. The Morgan fingerprint density at radius 2 is 2.25 bits per heavy atom. The number of piperidine rings is 3. The number of carbonyl (C=O) groups excluding carboxylic acids is 1. The van der Waals surface area contributed by atoms with Crippen molar-refractivity contribution in [1.82, 2.24) is 9.88 Å². The summed E-state index contributed by atoms with van der Waals surface area (Å²) in [7, 11) is 1.60. The first-order valence-electron chi connectivity index (χ1n) is 11.1. The zero-order valence-electron chi connectivity index (χ0n) is 19.0. The Morgan fingerprint density at radius 3 is 2.81 bits per heavy atom. The molecule has 1 amide bonds. The van der Waals surface area contributed by atoms with Crippen molar-refractivity contribution in [1.29, 1.82) is 0 Å². The minimum atomic E-state index is -0.822. The van der Waals surface area contributed by atoms with Gasteiger partial charge in [0.05, 0.1) is 18.7 Å². The number of aliphatic hydroxyl groups is 1. The number of methoxy groups -OCH3 is 1. The first-order chi connectivity index (χ1) is 15.2. The number of halogens is 1. The highest BCUT2D eigenvalue weighted by Gasteiger charge is 2.44. The van der Waals surface area contributed by atoms with Crippen LogP contribution in [0.4, 0.5) is 0 Å². The number of nitrogens with two attached hydrogens (primary N) is 1. The molecule has 3 fully saturated rings. The van der Waals surface area contributed by atoms with E-state index in [-0.39, 0.29) is 17.6 Å². The van der Waals surface area contributed by atoms with Crippen LogP contribution in [0.15, 0.2) is 30.9 Å². The van der Waals surface area contributed by atoms with Crippen LogP contribution in [0.1, 0.15) is 54.4 Å². The fourth-order valence-corrected chi connectivity index (χ4v) is 5.66. The van der Waals surface area contributed by atoms with Crippen LogP contribution < -0.4 is 10.5 Å². The van der Waals surface area contributed by atoms with Gasteiger partial charge < -0.3 is 15.6 Å². The number of aliphatic hydroxyl groups excluding tert-OH is 1. The van der Waals surface area contributed by atoms with Gasteiger partial charge >= 0.3 is 0 Å². The van der Waals surface area contributed by atoms with Crippen LogP contribution in [0.2, 0.25) is 0 Å². The Labute approximate surface area is 194 Å². The highest BCUT2D eigenvalue weighted by Crippen LogP contribution is 2.45. The van der Waals surface area contributed by atoms with Crippen LogP contribution >= 0.6 is 11.6 Å². The van der Waals surface area contributed by atoms with E-state index in [2.05, 4.69) is 16.5 Å². The van der Waals surface area contributed by atoms with Crippen LogP contribution in [-0.2, 0) is 5.41 Å². The summed E-state index contributed by atoms with van der Waals surface area (Å²) < 4.78 is 5.46. The Hall–Kier alpha value is -2.15. The Morgan fingerprint density at radius 1 is 1.50 bits per heavy atom. The summed E-state index contributed by atoms with van der Waals surface area (Å²) in [4.78, 5) is 19.5. The average molecular weight is 458 g/mol. The lowest BCUT2D eigenvalue weighted by molar-refractivity contribution is -0.0449. The topological polar surface area (TPSA) is 88.7 Å². The third-order valence-electron chi connectivity index (χ3n) is 7.29. The maximum Gasteiger partial charge on any atom is 0.267 e. The zero-order chi connectivity index (χ0) is 23.2. The molecule has 4 heterocycles. The van der Waals surface area contributed by atoms with Gasteiger partial charge in [-0.2, -0.15) is 0 Å². The number of benzene rings is 1. The highest BCUT2D eigenvalue weighted by atomic mass is 35.5. The van der Waals surface area contributed by atoms with E-state index < -0.39 is 17.4 Å². The summed E-state index contributed by atoms with van der Waals surface area (Å²) in [6.45, 7) is 9.74. The molecule has 5 atom stereocenters. The molecule has 5 rings (SSSR count). The largest absolute Gasteiger partial charge is 0.497 e. The monoisotopic (exact) mass is 457 g/mol. The lowest BCUT2D eigenvalue weighted by Crippen LogP contribution is -2.55. The molecular weight excluding hydrogens is 426 g/mol. The molecule has 32 heavy (non-hydrogen) atoms. The summed E-state index contributed by atoms with van der Waals surface area (Å²) >= 11 is 6.37. The number of rotatable bonds is 7.